The Morgan fingerprint density at radius 1 is 1.14 bits per heavy atom. The number of carbonyl (C=O) groups is 1. The van der Waals surface area contributed by atoms with Crippen LogP contribution in [-0.4, -0.2) is 50.1 Å². The molecule has 116 valence electrons. The van der Waals surface area contributed by atoms with Crippen molar-refractivity contribution >= 4 is 11.6 Å². The third-order valence-electron chi connectivity index (χ3n) is 3.90. The van der Waals surface area contributed by atoms with Gasteiger partial charge in [0, 0.05) is 38.4 Å². The van der Waals surface area contributed by atoms with Gasteiger partial charge in [0.15, 0.2) is 0 Å². The number of amides is 1. The first-order chi connectivity index (χ1) is 10.1. The molecule has 4 heteroatoms. The maximum atomic E-state index is 11.9. The summed E-state index contributed by atoms with van der Waals surface area (Å²) < 4.78 is 0. The normalized spacial score (nSPS) is 16.2. The lowest BCUT2D eigenvalue weighted by molar-refractivity contribution is -0.122. The second kappa shape index (κ2) is 8.03. The van der Waals surface area contributed by atoms with E-state index in [1.54, 1.807) is 0 Å². The van der Waals surface area contributed by atoms with Gasteiger partial charge in [-0.25, -0.2) is 0 Å². The molecule has 0 spiro atoms. The first-order valence-corrected chi connectivity index (χ1v) is 7.94. The molecule has 1 aliphatic rings. The summed E-state index contributed by atoms with van der Waals surface area (Å²) in [6.07, 6.45) is 1.05. The van der Waals surface area contributed by atoms with Crippen molar-refractivity contribution in [3.63, 3.8) is 0 Å². The average molecular weight is 289 g/mol. The number of hydrogen-bond donors (Lipinski definition) is 1. The Hall–Kier alpha value is -1.55. The highest BCUT2D eigenvalue weighted by Crippen LogP contribution is 2.15. The number of para-hydroxylation sites is 1. The number of piperazine rings is 1. The molecule has 0 radical (unpaired) electrons. The molecule has 1 heterocycles. The molecule has 21 heavy (non-hydrogen) atoms. The fourth-order valence-corrected chi connectivity index (χ4v) is 2.56. The van der Waals surface area contributed by atoms with Gasteiger partial charge in [0.1, 0.15) is 0 Å². The number of carbonyl (C=O) groups excluding carboxylic acids is 1. The van der Waals surface area contributed by atoms with Crippen LogP contribution in [0.1, 0.15) is 20.3 Å². The molecule has 0 saturated carbocycles. The first-order valence-electron chi connectivity index (χ1n) is 7.94. The van der Waals surface area contributed by atoms with Crippen LogP contribution in [0.3, 0.4) is 0 Å². The van der Waals surface area contributed by atoms with Crippen LogP contribution in [0.15, 0.2) is 30.3 Å². The topological polar surface area (TPSA) is 35.6 Å². The average Bonchev–Trinajstić information content (AvgIpc) is 2.48. The van der Waals surface area contributed by atoms with E-state index in [1.807, 2.05) is 6.07 Å². The Kier molecular flexibility index (Phi) is 6.05. The molecule has 2 rings (SSSR count). The Balaban J connectivity index is 1.68. The van der Waals surface area contributed by atoms with Gasteiger partial charge < -0.3 is 10.2 Å². The highest BCUT2D eigenvalue weighted by Gasteiger charge is 2.18. The number of anilines is 1. The second-order valence-corrected chi connectivity index (χ2v) is 6.13. The molecule has 0 atom stereocenters. The quantitative estimate of drug-likeness (QED) is 0.870. The van der Waals surface area contributed by atoms with Gasteiger partial charge in [-0.2, -0.15) is 0 Å². The molecule has 0 unspecified atom stereocenters. The fourth-order valence-electron chi connectivity index (χ4n) is 2.56. The number of hydrogen-bond acceptors (Lipinski definition) is 3. The molecule has 1 amide bonds. The van der Waals surface area contributed by atoms with Crippen molar-refractivity contribution in [2.45, 2.75) is 20.3 Å². The van der Waals surface area contributed by atoms with Gasteiger partial charge >= 0.3 is 0 Å². The number of benzene rings is 1. The van der Waals surface area contributed by atoms with E-state index in [1.165, 1.54) is 5.69 Å². The van der Waals surface area contributed by atoms with Crippen LogP contribution in [0.25, 0.3) is 0 Å². The van der Waals surface area contributed by atoms with Gasteiger partial charge in [0.05, 0.1) is 6.54 Å². The summed E-state index contributed by atoms with van der Waals surface area (Å²) in [6.45, 7) is 9.55. The van der Waals surface area contributed by atoms with Gasteiger partial charge in [-0.3, -0.25) is 9.69 Å². The molecule has 0 aromatic heterocycles. The SMILES string of the molecule is CC(C)CCNC(=O)CN1CCN(c2ccccc2)CC1. The van der Waals surface area contributed by atoms with E-state index < -0.39 is 0 Å². The monoisotopic (exact) mass is 289 g/mol. The number of rotatable bonds is 6. The largest absolute Gasteiger partial charge is 0.369 e. The van der Waals surface area contributed by atoms with E-state index >= 15 is 0 Å². The molecule has 0 bridgehead atoms. The predicted octanol–water partition coefficient (Wildman–Crippen LogP) is 1.97. The van der Waals surface area contributed by atoms with Crippen LogP contribution < -0.4 is 10.2 Å². The van der Waals surface area contributed by atoms with Crippen LogP contribution in [0.4, 0.5) is 5.69 Å². The summed E-state index contributed by atoms with van der Waals surface area (Å²) in [6, 6.07) is 10.5. The van der Waals surface area contributed by atoms with Gasteiger partial charge in [0.25, 0.3) is 0 Å². The summed E-state index contributed by atoms with van der Waals surface area (Å²) in [5, 5.41) is 3.01. The number of nitrogens with one attached hydrogen (secondary N) is 1. The minimum Gasteiger partial charge on any atom is -0.369 e. The summed E-state index contributed by atoms with van der Waals surface area (Å²) >= 11 is 0. The van der Waals surface area contributed by atoms with E-state index in [0.29, 0.717) is 12.5 Å². The van der Waals surface area contributed by atoms with Crippen molar-refractivity contribution in [1.29, 1.82) is 0 Å². The van der Waals surface area contributed by atoms with E-state index in [0.717, 1.165) is 39.1 Å². The Morgan fingerprint density at radius 2 is 1.81 bits per heavy atom. The number of nitrogens with zero attached hydrogens (tertiary/aromatic N) is 2. The molecular weight excluding hydrogens is 262 g/mol. The van der Waals surface area contributed by atoms with E-state index in [4.69, 9.17) is 0 Å². The zero-order valence-corrected chi connectivity index (χ0v) is 13.2. The second-order valence-electron chi connectivity index (χ2n) is 6.13. The highest BCUT2D eigenvalue weighted by molar-refractivity contribution is 5.78. The third kappa shape index (κ3) is 5.38. The Bertz CT molecular complexity index is 425. The van der Waals surface area contributed by atoms with Gasteiger partial charge in [-0.1, -0.05) is 32.0 Å². The minimum absolute atomic E-state index is 0.156. The van der Waals surface area contributed by atoms with E-state index in [9.17, 15) is 4.79 Å². The highest BCUT2D eigenvalue weighted by atomic mass is 16.2. The molecule has 1 aliphatic heterocycles. The van der Waals surface area contributed by atoms with Gasteiger partial charge in [-0.15, -0.1) is 0 Å². The lowest BCUT2D eigenvalue weighted by atomic mass is 10.1. The molecule has 1 N–H and O–H groups in total. The van der Waals surface area contributed by atoms with Gasteiger partial charge in [-0.05, 0) is 24.5 Å². The fraction of sp³-hybridized carbons (Fsp3) is 0.588. The first kappa shape index (κ1) is 15.8. The zero-order valence-electron chi connectivity index (χ0n) is 13.2. The maximum absolute atomic E-state index is 11.9. The van der Waals surface area contributed by atoms with Crippen LogP contribution in [0.2, 0.25) is 0 Å². The summed E-state index contributed by atoms with van der Waals surface area (Å²) in [4.78, 5) is 16.5. The van der Waals surface area contributed by atoms with Crippen molar-refractivity contribution < 1.29 is 4.79 Å². The van der Waals surface area contributed by atoms with Crippen LogP contribution in [0.5, 0.6) is 0 Å². The van der Waals surface area contributed by atoms with Crippen molar-refractivity contribution in [3.05, 3.63) is 30.3 Å². The molecule has 1 saturated heterocycles. The lowest BCUT2D eigenvalue weighted by Crippen LogP contribution is -2.49. The predicted molar refractivity (Wildman–Crippen MR) is 87.6 cm³/mol. The third-order valence-corrected chi connectivity index (χ3v) is 3.90. The maximum Gasteiger partial charge on any atom is 0.234 e. The Labute approximate surface area is 128 Å². The Morgan fingerprint density at radius 3 is 2.43 bits per heavy atom. The van der Waals surface area contributed by atoms with Crippen LogP contribution in [0, 0.1) is 5.92 Å². The molecule has 4 nitrogen and oxygen atoms in total. The van der Waals surface area contributed by atoms with Crippen LogP contribution in [-0.2, 0) is 4.79 Å². The smallest absolute Gasteiger partial charge is 0.234 e. The standard InChI is InChI=1S/C17H27N3O/c1-15(2)8-9-18-17(21)14-19-10-12-20(13-11-19)16-6-4-3-5-7-16/h3-7,15H,8-14H2,1-2H3,(H,18,21). The minimum atomic E-state index is 0.156. The van der Waals surface area contributed by atoms with Crippen molar-refractivity contribution in [2.24, 2.45) is 5.92 Å². The molecule has 1 aromatic carbocycles. The molecular formula is C17H27N3O. The van der Waals surface area contributed by atoms with Crippen molar-refractivity contribution in [2.75, 3.05) is 44.2 Å². The van der Waals surface area contributed by atoms with E-state index in [-0.39, 0.29) is 5.91 Å². The van der Waals surface area contributed by atoms with Crippen LogP contribution >= 0.6 is 0 Å². The summed E-state index contributed by atoms with van der Waals surface area (Å²) in [5.74, 6) is 0.795. The van der Waals surface area contributed by atoms with E-state index in [2.05, 4.69) is 53.2 Å². The van der Waals surface area contributed by atoms with Crippen molar-refractivity contribution in [3.8, 4) is 0 Å². The van der Waals surface area contributed by atoms with Crippen molar-refractivity contribution in [1.82, 2.24) is 10.2 Å². The summed E-state index contributed by atoms with van der Waals surface area (Å²) in [7, 11) is 0. The van der Waals surface area contributed by atoms with Gasteiger partial charge in [0.2, 0.25) is 5.91 Å². The lowest BCUT2D eigenvalue weighted by Gasteiger charge is -2.35. The molecule has 1 fully saturated rings. The molecule has 1 aromatic rings. The molecule has 0 aliphatic carbocycles. The summed E-state index contributed by atoms with van der Waals surface area (Å²) in [5.41, 5.74) is 1.28. The zero-order chi connectivity index (χ0) is 15.1.